The van der Waals surface area contributed by atoms with Crippen molar-refractivity contribution in [1.29, 1.82) is 0 Å². The summed E-state index contributed by atoms with van der Waals surface area (Å²) in [6, 6.07) is 7.51. The van der Waals surface area contributed by atoms with E-state index in [0.717, 1.165) is 12.1 Å². The number of hydrogen-bond acceptors (Lipinski definition) is 4. The zero-order chi connectivity index (χ0) is 20.1. The quantitative estimate of drug-likeness (QED) is 0.705. The number of aromatic amines is 1. The molecule has 0 saturated carbocycles. The fourth-order valence-corrected chi connectivity index (χ4v) is 3.36. The molecule has 1 aliphatic rings. The van der Waals surface area contributed by atoms with Gasteiger partial charge in [-0.25, -0.2) is 5.10 Å². The van der Waals surface area contributed by atoms with Crippen molar-refractivity contribution in [2.24, 2.45) is 0 Å². The van der Waals surface area contributed by atoms with Crippen LogP contribution < -0.4 is 10.9 Å². The number of rotatable bonds is 2. The standard InChI is InChI=1S/C18H14F3N5O2/c1-9-16-12(10-2-4-11(5-3-10)18(19,20)21)8-15(28)22-17(16)26(25-9)13-6-7-14(27)24-23-13/h2-7,12H,8H2,1H3,(H,22,28)(H,24,27)/t12-/m1/s1. The van der Waals surface area contributed by atoms with Gasteiger partial charge in [0.15, 0.2) is 5.82 Å². The van der Waals surface area contributed by atoms with Gasteiger partial charge in [-0.3, -0.25) is 9.59 Å². The van der Waals surface area contributed by atoms with Gasteiger partial charge in [-0.1, -0.05) is 12.1 Å². The second kappa shape index (κ2) is 6.32. The first-order valence-electron chi connectivity index (χ1n) is 8.36. The fourth-order valence-electron chi connectivity index (χ4n) is 3.36. The van der Waals surface area contributed by atoms with Crippen LogP contribution in [0.25, 0.3) is 5.82 Å². The molecule has 0 spiro atoms. The van der Waals surface area contributed by atoms with E-state index in [1.165, 1.54) is 28.9 Å². The minimum absolute atomic E-state index is 0.0873. The average Bonchev–Trinajstić information content (AvgIpc) is 2.97. The lowest BCUT2D eigenvalue weighted by molar-refractivity contribution is -0.137. The Hall–Kier alpha value is -3.43. The SMILES string of the molecule is Cc1nn(-c2ccc(=O)[nH]n2)c2c1[C@@H](c1ccc(C(F)(F)F)cc1)CC(=O)N2. The summed E-state index contributed by atoms with van der Waals surface area (Å²) in [5.74, 6) is -0.0407. The zero-order valence-corrected chi connectivity index (χ0v) is 14.5. The third kappa shape index (κ3) is 3.06. The number of alkyl halides is 3. The molecular formula is C18H14F3N5O2. The molecule has 1 amide bonds. The summed E-state index contributed by atoms with van der Waals surface area (Å²) in [4.78, 5) is 23.5. The highest BCUT2D eigenvalue weighted by molar-refractivity contribution is 5.95. The molecule has 0 aliphatic carbocycles. The highest BCUT2D eigenvalue weighted by atomic mass is 19.4. The number of nitrogens with zero attached hydrogens (tertiary/aromatic N) is 3. The maximum Gasteiger partial charge on any atom is 0.416 e. The number of carbonyl (C=O) groups excluding carboxylic acids is 1. The molecule has 0 radical (unpaired) electrons. The maximum absolute atomic E-state index is 12.8. The van der Waals surface area contributed by atoms with Gasteiger partial charge in [-0.2, -0.15) is 28.1 Å². The Kier molecular flexibility index (Phi) is 4.06. The predicted octanol–water partition coefficient (Wildman–Crippen LogP) is 2.76. The van der Waals surface area contributed by atoms with E-state index in [4.69, 9.17) is 0 Å². The number of aryl methyl sites for hydroxylation is 1. The molecule has 3 heterocycles. The fraction of sp³-hybridized carbons (Fsp3) is 0.222. The van der Waals surface area contributed by atoms with Crippen LogP contribution in [0.1, 0.15) is 34.7 Å². The first-order chi connectivity index (χ1) is 13.2. The van der Waals surface area contributed by atoms with E-state index >= 15 is 0 Å². The van der Waals surface area contributed by atoms with Gasteiger partial charge in [0.2, 0.25) is 5.91 Å². The van der Waals surface area contributed by atoms with Gasteiger partial charge >= 0.3 is 6.18 Å². The smallest absolute Gasteiger partial charge is 0.310 e. The van der Waals surface area contributed by atoms with Gasteiger partial charge in [0.25, 0.3) is 5.56 Å². The Bertz CT molecular complexity index is 1100. The van der Waals surface area contributed by atoms with E-state index < -0.39 is 17.7 Å². The molecule has 1 atom stereocenters. The second-order valence-corrected chi connectivity index (χ2v) is 6.46. The third-order valence-electron chi connectivity index (χ3n) is 4.62. The minimum atomic E-state index is -4.43. The number of halogens is 3. The summed E-state index contributed by atoms with van der Waals surface area (Å²) in [6.07, 6.45) is -4.34. The zero-order valence-electron chi connectivity index (χ0n) is 14.5. The van der Waals surface area contributed by atoms with Gasteiger partial charge in [-0.15, -0.1) is 0 Å². The van der Waals surface area contributed by atoms with Crippen molar-refractivity contribution >= 4 is 11.7 Å². The van der Waals surface area contributed by atoms with E-state index in [1.54, 1.807) is 6.92 Å². The lowest BCUT2D eigenvalue weighted by Crippen LogP contribution is -2.25. The number of aromatic nitrogens is 4. The number of hydrogen-bond donors (Lipinski definition) is 2. The Morgan fingerprint density at radius 2 is 1.82 bits per heavy atom. The average molecular weight is 389 g/mol. The lowest BCUT2D eigenvalue weighted by Gasteiger charge is -2.24. The van der Waals surface area contributed by atoms with Crippen molar-refractivity contribution in [2.45, 2.75) is 25.4 Å². The summed E-state index contributed by atoms with van der Waals surface area (Å²) < 4.78 is 39.9. The largest absolute Gasteiger partial charge is 0.416 e. The van der Waals surface area contributed by atoms with Gasteiger partial charge in [0, 0.05) is 24.0 Å². The highest BCUT2D eigenvalue weighted by Gasteiger charge is 2.34. The van der Waals surface area contributed by atoms with E-state index in [0.29, 0.717) is 28.5 Å². The van der Waals surface area contributed by atoms with Crippen LogP contribution in [0.4, 0.5) is 19.0 Å². The first kappa shape index (κ1) is 18.0. The Morgan fingerprint density at radius 3 is 2.43 bits per heavy atom. The number of carbonyl (C=O) groups is 1. The summed E-state index contributed by atoms with van der Waals surface area (Å²) in [7, 11) is 0. The van der Waals surface area contributed by atoms with Crippen LogP contribution in [-0.2, 0) is 11.0 Å². The van der Waals surface area contributed by atoms with Gasteiger partial charge < -0.3 is 5.32 Å². The van der Waals surface area contributed by atoms with Gasteiger partial charge in [0.05, 0.1) is 11.3 Å². The van der Waals surface area contributed by atoms with Crippen molar-refractivity contribution in [3.8, 4) is 5.82 Å². The molecule has 2 aromatic heterocycles. The molecule has 0 saturated heterocycles. The van der Waals surface area contributed by atoms with E-state index in [-0.39, 0.29) is 17.9 Å². The van der Waals surface area contributed by atoms with Crippen molar-refractivity contribution in [1.82, 2.24) is 20.0 Å². The lowest BCUT2D eigenvalue weighted by atomic mass is 9.85. The Labute approximate surface area is 156 Å². The molecule has 10 heteroatoms. The Morgan fingerprint density at radius 1 is 1.11 bits per heavy atom. The van der Waals surface area contributed by atoms with Crippen LogP contribution in [0.3, 0.4) is 0 Å². The first-order valence-corrected chi connectivity index (χ1v) is 8.36. The summed E-state index contributed by atoms with van der Waals surface area (Å²) in [5, 5.41) is 13.4. The number of H-pyrrole nitrogens is 1. The maximum atomic E-state index is 12.8. The highest BCUT2D eigenvalue weighted by Crippen LogP contribution is 2.40. The number of nitrogens with one attached hydrogen (secondary N) is 2. The van der Waals surface area contributed by atoms with E-state index in [2.05, 4.69) is 20.6 Å². The minimum Gasteiger partial charge on any atom is -0.310 e. The van der Waals surface area contributed by atoms with Crippen molar-refractivity contribution in [2.75, 3.05) is 5.32 Å². The van der Waals surface area contributed by atoms with Crippen LogP contribution in [0, 0.1) is 6.92 Å². The van der Waals surface area contributed by atoms with Gasteiger partial charge in [-0.05, 0) is 30.7 Å². The Balaban J connectivity index is 1.80. The normalized spacial score (nSPS) is 16.6. The number of anilines is 1. The van der Waals surface area contributed by atoms with Crippen LogP contribution in [0.5, 0.6) is 0 Å². The third-order valence-corrected chi connectivity index (χ3v) is 4.62. The molecule has 1 aromatic carbocycles. The summed E-state index contributed by atoms with van der Waals surface area (Å²) >= 11 is 0. The molecule has 1 aliphatic heterocycles. The monoisotopic (exact) mass is 389 g/mol. The molecule has 4 rings (SSSR count). The second-order valence-electron chi connectivity index (χ2n) is 6.46. The van der Waals surface area contributed by atoms with Crippen LogP contribution in [0.15, 0.2) is 41.2 Å². The molecule has 0 bridgehead atoms. The van der Waals surface area contributed by atoms with Crippen LogP contribution in [0.2, 0.25) is 0 Å². The van der Waals surface area contributed by atoms with E-state index in [9.17, 15) is 22.8 Å². The van der Waals surface area contributed by atoms with Crippen molar-refractivity contribution < 1.29 is 18.0 Å². The van der Waals surface area contributed by atoms with E-state index in [1.807, 2.05) is 0 Å². The van der Waals surface area contributed by atoms with Crippen LogP contribution in [-0.4, -0.2) is 25.9 Å². The molecular weight excluding hydrogens is 375 g/mol. The van der Waals surface area contributed by atoms with Crippen molar-refractivity contribution in [3.05, 3.63) is 69.1 Å². The molecule has 28 heavy (non-hydrogen) atoms. The summed E-state index contributed by atoms with van der Waals surface area (Å²) in [6.45, 7) is 1.75. The van der Waals surface area contributed by atoms with Crippen molar-refractivity contribution in [3.63, 3.8) is 0 Å². The molecule has 0 unspecified atom stereocenters. The predicted molar refractivity (Wildman–Crippen MR) is 93.3 cm³/mol. The molecule has 2 N–H and O–H groups in total. The van der Waals surface area contributed by atoms with Gasteiger partial charge in [0.1, 0.15) is 5.82 Å². The molecule has 7 nitrogen and oxygen atoms in total. The summed E-state index contributed by atoms with van der Waals surface area (Å²) in [5.41, 5.74) is 0.760. The number of benzene rings is 1. The van der Waals surface area contributed by atoms with Crippen LogP contribution >= 0.6 is 0 Å². The molecule has 3 aromatic rings. The molecule has 144 valence electrons. The topological polar surface area (TPSA) is 92.7 Å². The number of fused-ring (bicyclic) bond motifs is 1. The molecule has 0 fully saturated rings. The number of amides is 1.